The molecule has 330 valence electrons. The van der Waals surface area contributed by atoms with Crippen molar-refractivity contribution in [3.05, 3.63) is 135 Å². The number of hydrogen-bond donors (Lipinski definition) is 3. The van der Waals surface area contributed by atoms with Gasteiger partial charge < -0.3 is 49.9 Å². The van der Waals surface area contributed by atoms with Crippen molar-refractivity contribution in [2.24, 2.45) is 7.05 Å². The fourth-order valence-electron chi connectivity index (χ4n) is 7.13. The number of nitrogens with one attached hydrogen (secondary N) is 3. The molecule has 30 heteroatoms. The number of aryl methyl sites for hydroxylation is 1. The van der Waals surface area contributed by atoms with Crippen molar-refractivity contribution in [2.75, 3.05) is 16.0 Å². The van der Waals surface area contributed by atoms with Crippen LogP contribution in [0.3, 0.4) is 0 Å². The Morgan fingerprint density at radius 2 is 1.31 bits per heavy atom. The van der Waals surface area contributed by atoms with E-state index in [9.17, 15) is 60.6 Å². The van der Waals surface area contributed by atoms with Crippen LogP contribution in [0.2, 0.25) is 0 Å². The molecular weight excluding hydrogens is 1030 g/mol. The predicted octanol–water partition coefficient (Wildman–Crippen LogP) is -13.1. The van der Waals surface area contributed by atoms with E-state index in [1.54, 1.807) is 6.07 Å². The average molecular weight is 1050 g/mol. The Labute approximate surface area is 510 Å². The third kappa shape index (κ3) is 12.6. The molecule has 0 amide bonds. The molecule has 8 rings (SSSR count). The third-order valence-corrected chi connectivity index (χ3v) is 12.2. The number of nitrogens with zero attached hydrogens (tertiary/aromatic N) is 4. The molecule has 0 fully saturated rings. The van der Waals surface area contributed by atoms with Crippen LogP contribution in [0.25, 0.3) is 22.0 Å². The topological polar surface area (TPSA) is 350 Å². The summed E-state index contributed by atoms with van der Waals surface area (Å²) in [4.78, 5) is 63.9. The predicted molar refractivity (Wildman–Crippen MR) is 218 cm³/mol. The van der Waals surface area contributed by atoms with Crippen molar-refractivity contribution in [3.8, 4) is 17.1 Å². The molecule has 5 aromatic carbocycles. The fraction of sp³-hybridized carbons (Fsp3) is 0.0250. The number of aromatic nitrogens is 4. The van der Waals surface area contributed by atoms with Gasteiger partial charge in [-0.2, -0.15) is 9.32 Å². The number of fused-ring (bicyclic) bond motifs is 2. The summed E-state index contributed by atoms with van der Waals surface area (Å²) in [5.74, 6) is -4.38. The number of carboxylic acid groups (broad SMARTS) is 1. The van der Waals surface area contributed by atoms with Crippen molar-refractivity contribution < 1.29 is 213 Å². The molecule has 0 atom stereocenters. The molecule has 2 aromatic heterocycles. The Morgan fingerprint density at radius 1 is 0.686 bits per heavy atom. The first kappa shape index (κ1) is 61.7. The van der Waals surface area contributed by atoms with E-state index in [0.717, 1.165) is 34.9 Å². The number of hydrogen-bond acceptors (Lipinski definition) is 22. The van der Waals surface area contributed by atoms with Gasteiger partial charge in [0.05, 0.1) is 72.4 Å². The SMILES string of the molecule is Cn1c(=O)c(C(=O)c2cccc(S(=O)(=O)[O-])c2)c2c3c(c(Nc4cc(Nc5nc([O-])nc(Nc6ccccc6C(=O)[O-])n5)c(S(=O)(=O)[O-])cc4SOO[O-])ccc31)C(=O)c1ccccc1-2.[Na+].[Na+].[Na+].[Na+].[Na+]. The first-order chi connectivity index (χ1) is 30.8. The Morgan fingerprint density at radius 3 is 1.94 bits per heavy atom. The van der Waals surface area contributed by atoms with Gasteiger partial charge in [-0.15, -0.1) is 0 Å². The molecule has 1 aliphatic carbocycles. The number of carbonyl (C=O) groups is 3. The molecular formula is C40H22N7Na5O15S3. The zero-order chi connectivity index (χ0) is 46.5. The summed E-state index contributed by atoms with van der Waals surface area (Å²) >= 11 is 0.133. The van der Waals surface area contributed by atoms with Gasteiger partial charge in [-0.3, -0.25) is 19.4 Å². The maximum Gasteiger partial charge on any atom is 1.00 e. The number of para-hydroxylation sites is 1. The van der Waals surface area contributed by atoms with Crippen LogP contribution in [0.5, 0.6) is 6.01 Å². The summed E-state index contributed by atoms with van der Waals surface area (Å²) in [5.41, 5.74) is -2.83. The van der Waals surface area contributed by atoms with Crippen molar-refractivity contribution >= 4 is 95.4 Å². The van der Waals surface area contributed by atoms with E-state index in [1.165, 1.54) is 67.7 Å². The number of anilines is 6. The molecule has 7 aromatic rings. The maximum atomic E-state index is 14.6. The smallest absolute Gasteiger partial charge is 0.844 e. The third-order valence-electron chi connectivity index (χ3n) is 9.87. The Hall–Kier alpha value is -2.62. The van der Waals surface area contributed by atoms with E-state index in [0.29, 0.717) is 0 Å². The number of carboxylic acids is 1. The number of rotatable bonds is 14. The van der Waals surface area contributed by atoms with Crippen LogP contribution in [0.15, 0.2) is 117 Å². The van der Waals surface area contributed by atoms with E-state index >= 15 is 0 Å². The van der Waals surface area contributed by atoms with Crippen LogP contribution in [-0.4, -0.2) is 63.0 Å². The van der Waals surface area contributed by atoms with Crippen LogP contribution < -0.4 is 185 Å². The van der Waals surface area contributed by atoms with Crippen molar-refractivity contribution in [1.82, 2.24) is 19.5 Å². The summed E-state index contributed by atoms with van der Waals surface area (Å²) in [7, 11) is -9.15. The minimum atomic E-state index is -5.45. The first-order valence-corrected chi connectivity index (χ1v) is 21.7. The zero-order valence-corrected chi connectivity index (χ0v) is 49.8. The molecule has 0 aliphatic heterocycles. The monoisotopic (exact) mass is 1050 g/mol. The summed E-state index contributed by atoms with van der Waals surface area (Å²) in [6, 6.07) is 18.8. The first-order valence-electron chi connectivity index (χ1n) is 18.1. The molecule has 2 heterocycles. The molecule has 1 aliphatic rings. The van der Waals surface area contributed by atoms with Crippen molar-refractivity contribution in [1.29, 1.82) is 0 Å². The molecule has 0 unspecified atom stereocenters. The normalized spacial score (nSPS) is 11.3. The van der Waals surface area contributed by atoms with Gasteiger partial charge in [-0.25, -0.2) is 26.8 Å². The Balaban J connectivity index is 0.00000259. The van der Waals surface area contributed by atoms with Gasteiger partial charge in [0.1, 0.15) is 20.2 Å². The van der Waals surface area contributed by atoms with Crippen molar-refractivity contribution in [2.45, 2.75) is 14.7 Å². The summed E-state index contributed by atoms with van der Waals surface area (Å²) < 4.78 is 79.3. The van der Waals surface area contributed by atoms with Crippen LogP contribution >= 0.6 is 12.0 Å². The molecule has 0 saturated heterocycles. The number of carbonyl (C=O) groups excluding carboxylic acids is 3. The molecule has 22 nitrogen and oxygen atoms in total. The van der Waals surface area contributed by atoms with Gasteiger partial charge in [0, 0.05) is 40.4 Å². The summed E-state index contributed by atoms with van der Waals surface area (Å²) in [5, 5.41) is 46.7. The average Bonchev–Trinajstić information content (AvgIpc) is 3.25. The molecule has 0 bridgehead atoms. The molecule has 3 N–H and O–H groups in total. The van der Waals surface area contributed by atoms with Gasteiger partial charge in [-0.05, 0) is 48.0 Å². The molecule has 70 heavy (non-hydrogen) atoms. The van der Waals surface area contributed by atoms with Crippen molar-refractivity contribution in [3.63, 3.8) is 0 Å². The second kappa shape index (κ2) is 25.1. The minimum absolute atomic E-state index is 0. The standard InChI is InChI=1S/C40H27N7O15S3.5Na/c1-47-27-14-13-24(31-32(27)30(20-9-2-3-10-21(20)35(31)49)33(36(47)50)34(48)18-7-6-8-19(15-18)64(55,56)57)41-25-16-26(29(65(58,59)60)17-28(25)63-62-61-54)43-39-44-38(45-40(53)46-39)42-23-12-5-4-11-22(23)37(51)52;;;;;/h2-17,41,54H,1H3,(H,51,52)(H,55,56,57)(H,58,59,60)(H3,42,43,44,45,46,53);;;;;/q;5*+1/p-5. The molecule has 0 saturated carbocycles. The minimum Gasteiger partial charge on any atom is -0.844 e. The Bertz CT molecular complexity index is 3520. The van der Waals surface area contributed by atoms with Gasteiger partial charge in [-0.1, -0.05) is 54.6 Å². The number of benzene rings is 5. The fourth-order valence-corrected chi connectivity index (χ4v) is 8.83. The summed E-state index contributed by atoms with van der Waals surface area (Å²) in [6.45, 7) is 0. The second-order valence-corrected chi connectivity index (χ2v) is 17.1. The molecule has 0 radical (unpaired) electrons. The molecule has 0 spiro atoms. The van der Waals surface area contributed by atoms with Gasteiger partial charge in [0.15, 0.2) is 11.6 Å². The van der Waals surface area contributed by atoms with Gasteiger partial charge in [0.25, 0.3) is 5.56 Å². The van der Waals surface area contributed by atoms with E-state index in [-0.39, 0.29) is 226 Å². The van der Waals surface area contributed by atoms with Crippen LogP contribution in [0, 0.1) is 0 Å². The van der Waals surface area contributed by atoms with Crippen LogP contribution in [0.1, 0.15) is 42.2 Å². The van der Waals surface area contributed by atoms with E-state index in [1.807, 2.05) is 0 Å². The van der Waals surface area contributed by atoms with Gasteiger partial charge >= 0.3 is 148 Å². The van der Waals surface area contributed by atoms with E-state index < -0.39 is 82.3 Å². The Kier molecular flexibility index (Phi) is 22.1. The van der Waals surface area contributed by atoms with E-state index in [2.05, 4.69) is 40.3 Å². The van der Waals surface area contributed by atoms with Gasteiger partial charge in [0.2, 0.25) is 11.9 Å². The maximum absolute atomic E-state index is 14.6. The number of aromatic carboxylic acids is 1. The number of ketones is 2. The largest absolute Gasteiger partial charge is 1.00 e. The van der Waals surface area contributed by atoms with Crippen LogP contribution in [-0.2, 0) is 36.7 Å². The summed E-state index contributed by atoms with van der Waals surface area (Å²) in [6.07, 6.45) is 0. The zero-order valence-electron chi connectivity index (χ0n) is 37.4. The van der Waals surface area contributed by atoms with Crippen LogP contribution in [0.4, 0.5) is 34.6 Å². The second-order valence-electron chi connectivity index (χ2n) is 13.7. The quantitative estimate of drug-likeness (QED) is 0.0227. The van der Waals surface area contributed by atoms with E-state index in [4.69, 9.17) is 0 Å². The number of pyridine rings is 1.